The first kappa shape index (κ1) is 11.2. The van der Waals surface area contributed by atoms with Crippen LogP contribution in [-0.4, -0.2) is 9.97 Å². The van der Waals surface area contributed by atoms with Crippen LogP contribution in [0, 0.1) is 5.41 Å². The van der Waals surface area contributed by atoms with Gasteiger partial charge in [0.25, 0.3) is 0 Å². The van der Waals surface area contributed by atoms with Crippen molar-refractivity contribution in [3.8, 4) is 0 Å². The van der Waals surface area contributed by atoms with Crippen molar-refractivity contribution >= 4 is 0 Å². The molecule has 0 aromatic carbocycles. The second-order valence-electron chi connectivity index (χ2n) is 4.95. The van der Waals surface area contributed by atoms with E-state index in [9.17, 15) is 0 Å². The molecule has 2 nitrogen and oxygen atoms in total. The molecule has 1 aromatic heterocycles. The van der Waals surface area contributed by atoms with Gasteiger partial charge in [0.2, 0.25) is 0 Å². The number of hydrogen-bond acceptors (Lipinski definition) is 2. The monoisotopic (exact) mass is 192 g/mol. The fourth-order valence-electron chi connectivity index (χ4n) is 1.41. The van der Waals surface area contributed by atoms with E-state index in [4.69, 9.17) is 0 Å². The zero-order valence-corrected chi connectivity index (χ0v) is 9.83. The fourth-order valence-corrected chi connectivity index (χ4v) is 1.41. The predicted molar refractivity (Wildman–Crippen MR) is 59.1 cm³/mol. The number of nitrogens with zero attached hydrogens (tertiary/aromatic N) is 2. The SMILES string of the molecule is CCC(C)(C)C(C)(C)c1cnccn1. The molecule has 0 radical (unpaired) electrons. The van der Waals surface area contributed by atoms with Crippen LogP contribution in [-0.2, 0) is 5.41 Å². The molecule has 0 atom stereocenters. The van der Waals surface area contributed by atoms with Gasteiger partial charge in [-0.05, 0) is 5.41 Å². The van der Waals surface area contributed by atoms with Crippen molar-refractivity contribution in [3.63, 3.8) is 0 Å². The average molecular weight is 192 g/mol. The van der Waals surface area contributed by atoms with E-state index in [0.717, 1.165) is 12.1 Å². The molecule has 1 heterocycles. The predicted octanol–water partition coefficient (Wildman–Crippen LogP) is 3.19. The Kier molecular flexibility index (Phi) is 2.93. The minimum Gasteiger partial charge on any atom is -0.261 e. The zero-order chi connectivity index (χ0) is 10.8. The maximum absolute atomic E-state index is 4.40. The van der Waals surface area contributed by atoms with E-state index in [0.29, 0.717) is 0 Å². The first-order valence-corrected chi connectivity index (χ1v) is 5.18. The molecule has 14 heavy (non-hydrogen) atoms. The van der Waals surface area contributed by atoms with Crippen molar-refractivity contribution in [2.24, 2.45) is 5.41 Å². The van der Waals surface area contributed by atoms with Crippen molar-refractivity contribution in [3.05, 3.63) is 24.3 Å². The zero-order valence-electron chi connectivity index (χ0n) is 9.83. The molecule has 0 unspecified atom stereocenters. The summed E-state index contributed by atoms with van der Waals surface area (Å²) in [5, 5.41) is 0. The topological polar surface area (TPSA) is 25.8 Å². The van der Waals surface area contributed by atoms with Gasteiger partial charge in [0, 0.05) is 24.0 Å². The normalized spacial score (nSPS) is 12.9. The maximum atomic E-state index is 4.40. The highest BCUT2D eigenvalue weighted by molar-refractivity contribution is 5.14. The number of hydrogen-bond donors (Lipinski definition) is 0. The van der Waals surface area contributed by atoms with Crippen molar-refractivity contribution in [2.75, 3.05) is 0 Å². The van der Waals surface area contributed by atoms with Gasteiger partial charge in [-0.1, -0.05) is 41.0 Å². The highest BCUT2D eigenvalue weighted by atomic mass is 14.8. The number of rotatable bonds is 3. The largest absolute Gasteiger partial charge is 0.261 e. The van der Waals surface area contributed by atoms with Crippen molar-refractivity contribution < 1.29 is 0 Å². The summed E-state index contributed by atoms with van der Waals surface area (Å²) in [6.07, 6.45) is 6.50. The molecule has 1 rings (SSSR count). The third-order valence-electron chi connectivity index (χ3n) is 3.78. The van der Waals surface area contributed by atoms with Gasteiger partial charge in [0.1, 0.15) is 0 Å². The van der Waals surface area contributed by atoms with Crippen LogP contribution in [0.15, 0.2) is 18.6 Å². The van der Waals surface area contributed by atoms with Crippen LogP contribution in [0.25, 0.3) is 0 Å². The van der Waals surface area contributed by atoms with Crippen molar-refractivity contribution in [1.29, 1.82) is 0 Å². The summed E-state index contributed by atoms with van der Waals surface area (Å²) >= 11 is 0. The lowest BCUT2D eigenvalue weighted by molar-refractivity contribution is 0.184. The quantitative estimate of drug-likeness (QED) is 0.735. The Bertz CT molecular complexity index is 288. The highest BCUT2D eigenvalue weighted by Gasteiger charge is 2.38. The molecule has 0 bridgehead atoms. The molecular weight excluding hydrogens is 172 g/mol. The van der Waals surface area contributed by atoms with Crippen LogP contribution in [0.3, 0.4) is 0 Å². The first-order chi connectivity index (χ1) is 6.42. The highest BCUT2D eigenvalue weighted by Crippen LogP contribution is 2.42. The lowest BCUT2D eigenvalue weighted by Gasteiger charge is -2.40. The molecule has 78 valence electrons. The molecule has 0 aliphatic heterocycles. The Balaban J connectivity index is 3.08. The Morgan fingerprint density at radius 2 is 1.79 bits per heavy atom. The van der Waals surface area contributed by atoms with Crippen LogP contribution in [0.5, 0.6) is 0 Å². The van der Waals surface area contributed by atoms with Gasteiger partial charge >= 0.3 is 0 Å². The van der Waals surface area contributed by atoms with E-state index in [2.05, 4.69) is 44.6 Å². The average Bonchev–Trinajstić information content (AvgIpc) is 2.19. The third kappa shape index (κ3) is 1.79. The van der Waals surface area contributed by atoms with Gasteiger partial charge in [0.05, 0.1) is 5.69 Å². The minimum absolute atomic E-state index is 0.0655. The Hall–Kier alpha value is -0.920. The molecule has 1 aromatic rings. The molecule has 0 saturated carbocycles. The Morgan fingerprint density at radius 1 is 1.14 bits per heavy atom. The first-order valence-electron chi connectivity index (χ1n) is 5.18. The van der Waals surface area contributed by atoms with E-state index in [-0.39, 0.29) is 10.8 Å². The second kappa shape index (κ2) is 3.68. The minimum atomic E-state index is 0.0655. The Morgan fingerprint density at radius 3 is 2.21 bits per heavy atom. The molecule has 0 aliphatic rings. The standard InChI is InChI=1S/C12H20N2/c1-6-11(2,3)12(4,5)10-9-13-7-8-14-10/h7-9H,6H2,1-5H3. The van der Waals surface area contributed by atoms with Crippen LogP contribution < -0.4 is 0 Å². The van der Waals surface area contributed by atoms with Crippen LogP contribution in [0.2, 0.25) is 0 Å². The molecule has 0 saturated heterocycles. The molecule has 0 amide bonds. The van der Waals surface area contributed by atoms with E-state index < -0.39 is 0 Å². The molecule has 0 N–H and O–H groups in total. The van der Waals surface area contributed by atoms with E-state index in [1.807, 2.05) is 6.20 Å². The summed E-state index contributed by atoms with van der Waals surface area (Å²) in [7, 11) is 0. The van der Waals surface area contributed by atoms with Gasteiger partial charge in [-0.2, -0.15) is 0 Å². The summed E-state index contributed by atoms with van der Waals surface area (Å²) in [5.74, 6) is 0. The summed E-state index contributed by atoms with van der Waals surface area (Å²) in [4.78, 5) is 8.54. The lowest BCUT2D eigenvalue weighted by Crippen LogP contribution is -2.36. The van der Waals surface area contributed by atoms with E-state index in [1.54, 1.807) is 12.4 Å². The van der Waals surface area contributed by atoms with Gasteiger partial charge in [-0.25, -0.2) is 0 Å². The smallest absolute Gasteiger partial charge is 0.0648 e. The Labute approximate surface area is 86.8 Å². The molecule has 2 heteroatoms. The van der Waals surface area contributed by atoms with Gasteiger partial charge in [-0.15, -0.1) is 0 Å². The summed E-state index contributed by atoms with van der Waals surface area (Å²) in [6.45, 7) is 11.3. The second-order valence-corrected chi connectivity index (χ2v) is 4.95. The van der Waals surface area contributed by atoms with E-state index in [1.165, 1.54) is 0 Å². The van der Waals surface area contributed by atoms with Crippen molar-refractivity contribution in [2.45, 2.75) is 46.5 Å². The van der Waals surface area contributed by atoms with Gasteiger partial charge in [0.15, 0.2) is 0 Å². The molecule has 0 spiro atoms. The summed E-state index contributed by atoms with van der Waals surface area (Å²) in [6, 6.07) is 0. The third-order valence-corrected chi connectivity index (χ3v) is 3.78. The van der Waals surface area contributed by atoms with Crippen LogP contribution in [0.4, 0.5) is 0 Å². The molecule has 0 fully saturated rings. The molecule has 0 aliphatic carbocycles. The van der Waals surface area contributed by atoms with Gasteiger partial charge < -0.3 is 0 Å². The van der Waals surface area contributed by atoms with Crippen LogP contribution in [0.1, 0.15) is 46.7 Å². The van der Waals surface area contributed by atoms with Crippen molar-refractivity contribution in [1.82, 2.24) is 9.97 Å². The van der Waals surface area contributed by atoms with E-state index >= 15 is 0 Å². The summed E-state index contributed by atoms with van der Waals surface area (Å²) < 4.78 is 0. The summed E-state index contributed by atoms with van der Waals surface area (Å²) in [5.41, 5.74) is 1.38. The lowest BCUT2D eigenvalue weighted by atomic mass is 9.65. The van der Waals surface area contributed by atoms with Crippen LogP contribution >= 0.6 is 0 Å². The van der Waals surface area contributed by atoms with Gasteiger partial charge in [-0.3, -0.25) is 9.97 Å². The fraction of sp³-hybridized carbons (Fsp3) is 0.667. The molecular formula is C12H20N2. The number of aromatic nitrogens is 2. The maximum Gasteiger partial charge on any atom is 0.0648 e.